The van der Waals surface area contributed by atoms with Crippen LogP contribution in [0, 0.1) is 0 Å². The fourth-order valence-corrected chi connectivity index (χ4v) is 2.48. The Labute approximate surface area is 97.8 Å². The van der Waals surface area contributed by atoms with Gasteiger partial charge in [0, 0.05) is 12.3 Å². The quantitative estimate of drug-likeness (QED) is 0.828. The van der Waals surface area contributed by atoms with Gasteiger partial charge in [-0.25, -0.2) is 0 Å². The molecule has 0 spiro atoms. The largest absolute Gasteiger partial charge is 0.366 e. The zero-order valence-corrected chi connectivity index (χ0v) is 9.50. The molecule has 16 heavy (non-hydrogen) atoms. The second-order valence-corrected chi connectivity index (χ2v) is 4.58. The van der Waals surface area contributed by atoms with Crippen molar-refractivity contribution >= 4 is 29.3 Å². The Morgan fingerprint density at radius 1 is 1.38 bits per heavy atom. The van der Waals surface area contributed by atoms with E-state index in [0.717, 1.165) is 5.75 Å². The lowest BCUT2D eigenvalue weighted by Crippen LogP contribution is -2.39. The van der Waals surface area contributed by atoms with E-state index in [4.69, 9.17) is 5.73 Å². The predicted octanol–water partition coefficient (Wildman–Crippen LogP) is 0.865. The molecule has 1 aromatic rings. The van der Waals surface area contributed by atoms with Gasteiger partial charge in [-0.15, -0.1) is 0 Å². The number of carbonyl (C=O) groups excluding carboxylic acids is 2. The first kappa shape index (κ1) is 11.0. The Balaban J connectivity index is 2.38. The van der Waals surface area contributed by atoms with Gasteiger partial charge in [0.15, 0.2) is 0 Å². The number of carbonyl (C=O) groups is 2. The van der Waals surface area contributed by atoms with Crippen molar-refractivity contribution in [1.82, 2.24) is 0 Å². The van der Waals surface area contributed by atoms with Crippen LogP contribution in [0.4, 0.5) is 5.69 Å². The summed E-state index contributed by atoms with van der Waals surface area (Å²) in [5.41, 5.74) is 6.32. The number of para-hydroxylation sites is 1. The standard InChI is InChI=1S/C11H12N2O2S/c12-11(15)8-3-1-2-4-9(8)13-5-6-16-7-10(13)14/h1-4H,5-7H2,(H2,12,15). The van der Waals surface area contributed by atoms with E-state index in [1.165, 1.54) is 0 Å². The van der Waals surface area contributed by atoms with Crippen molar-refractivity contribution in [3.8, 4) is 0 Å². The number of anilines is 1. The summed E-state index contributed by atoms with van der Waals surface area (Å²) in [5, 5.41) is 0. The molecule has 0 aromatic heterocycles. The molecule has 0 atom stereocenters. The Kier molecular flexibility index (Phi) is 3.14. The van der Waals surface area contributed by atoms with E-state index in [2.05, 4.69) is 0 Å². The molecule has 2 amide bonds. The van der Waals surface area contributed by atoms with Crippen LogP contribution in [0.2, 0.25) is 0 Å². The van der Waals surface area contributed by atoms with Crippen molar-refractivity contribution in [2.75, 3.05) is 23.0 Å². The van der Waals surface area contributed by atoms with Crippen LogP contribution in [0.1, 0.15) is 10.4 Å². The average Bonchev–Trinajstić information content (AvgIpc) is 2.29. The molecule has 1 aromatic carbocycles. The SMILES string of the molecule is NC(=O)c1ccccc1N1CCSCC1=O. The topological polar surface area (TPSA) is 63.4 Å². The first-order chi connectivity index (χ1) is 7.70. The van der Waals surface area contributed by atoms with Crippen LogP contribution in [-0.2, 0) is 4.79 Å². The second kappa shape index (κ2) is 4.57. The highest BCUT2D eigenvalue weighted by atomic mass is 32.2. The van der Waals surface area contributed by atoms with E-state index in [0.29, 0.717) is 23.5 Å². The summed E-state index contributed by atoms with van der Waals surface area (Å²) in [6.45, 7) is 0.633. The normalized spacial score (nSPS) is 16.2. The molecule has 0 unspecified atom stereocenters. The van der Waals surface area contributed by atoms with Crippen LogP contribution in [0.5, 0.6) is 0 Å². The molecule has 1 heterocycles. The minimum absolute atomic E-state index is 0.0324. The Morgan fingerprint density at radius 3 is 2.81 bits per heavy atom. The van der Waals surface area contributed by atoms with E-state index in [-0.39, 0.29) is 5.91 Å². The van der Waals surface area contributed by atoms with Crippen LogP contribution >= 0.6 is 11.8 Å². The molecule has 0 bridgehead atoms. The third-order valence-corrected chi connectivity index (χ3v) is 3.37. The molecule has 0 aliphatic carbocycles. The van der Waals surface area contributed by atoms with Gasteiger partial charge >= 0.3 is 0 Å². The fourth-order valence-electron chi connectivity index (χ4n) is 1.69. The molecule has 4 nitrogen and oxygen atoms in total. The Hall–Kier alpha value is -1.49. The van der Waals surface area contributed by atoms with Crippen molar-refractivity contribution in [1.29, 1.82) is 0 Å². The number of hydrogen-bond acceptors (Lipinski definition) is 3. The molecule has 5 heteroatoms. The lowest BCUT2D eigenvalue weighted by molar-refractivity contribution is -0.116. The first-order valence-corrected chi connectivity index (χ1v) is 6.12. The third-order valence-electron chi connectivity index (χ3n) is 2.45. The van der Waals surface area contributed by atoms with Crippen molar-refractivity contribution < 1.29 is 9.59 Å². The minimum Gasteiger partial charge on any atom is -0.366 e. The monoisotopic (exact) mass is 236 g/mol. The number of nitrogens with two attached hydrogens (primary N) is 1. The molecular formula is C11H12N2O2S. The summed E-state index contributed by atoms with van der Waals surface area (Å²) in [6, 6.07) is 6.95. The van der Waals surface area contributed by atoms with Crippen LogP contribution < -0.4 is 10.6 Å². The van der Waals surface area contributed by atoms with Gasteiger partial charge in [0.1, 0.15) is 0 Å². The molecule has 0 radical (unpaired) electrons. The fraction of sp³-hybridized carbons (Fsp3) is 0.273. The number of rotatable bonds is 2. The molecule has 1 aliphatic heterocycles. The maximum absolute atomic E-state index is 11.7. The van der Waals surface area contributed by atoms with E-state index in [1.807, 2.05) is 0 Å². The van der Waals surface area contributed by atoms with E-state index in [1.54, 1.807) is 40.9 Å². The smallest absolute Gasteiger partial charge is 0.250 e. The summed E-state index contributed by atoms with van der Waals surface area (Å²) in [5.74, 6) is 0.887. The highest BCUT2D eigenvalue weighted by molar-refractivity contribution is 8.00. The van der Waals surface area contributed by atoms with Gasteiger partial charge in [-0.05, 0) is 12.1 Å². The Bertz CT molecular complexity index is 434. The highest BCUT2D eigenvalue weighted by Gasteiger charge is 2.23. The number of hydrogen-bond donors (Lipinski definition) is 1. The van der Waals surface area contributed by atoms with Gasteiger partial charge < -0.3 is 10.6 Å². The van der Waals surface area contributed by atoms with E-state index >= 15 is 0 Å². The van der Waals surface area contributed by atoms with Crippen LogP contribution in [0.15, 0.2) is 24.3 Å². The zero-order valence-electron chi connectivity index (χ0n) is 8.68. The van der Waals surface area contributed by atoms with E-state index < -0.39 is 5.91 Å². The molecular weight excluding hydrogens is 224 g/mol. The zero-order chi connectivity index (χ0) is 11.5. The number of thioether (sulfide) groups is 1. The van der Waals surface area contributed by atoms with Crippen LogP contribution in [0.3, 0.4) is 0 Å². The van der Waals surface area contributed by atoms with Crippen molar-refractivity contribution in [3.05, 3.63) is 29.8 Å². The summed E-state index contributed by atoms with van der Waals surface area (Å²) >= 11 is 1.61. The third kappa shape index (κ3) is 2.04. The molecule has 0 saturated carbocycles. The summed E-state index contributed by atoms with van der Waals surface area (Å²) < 4.78 is 0. The number of nitrogens with zero attached hydrogens (tertiary/aromatic N) is 1. The molecule has 1 fully saturated rings. The molecule has 2 N–H and O–H groups in total. The highest BCUT2D eigenvalue weighted by Crippen LogP contribution is 2.23. The number of benzene rings is 1. The van der Waals surface area contributed by atoms with Crippen LogP contribution in [0.25, 0.3) is 0 Å². The molecule has 1 aliphatic rings. The number of amides is 2. The predicted molar refractivity (Wildman–Crippen MR) is 64.6 cm³/mol. The molecule has 2 rings (SSSR count). The van der Waals surface area contributed by atoms with Gasteiger partial charge in [-0.1, -0.05) is 12.1 Å². The van der Waals surface area contributed by atoms with Gasteiger partial charge in [-0.3, -0.25) is 9.59 Å². The summed E-state index contributed by atoms with van der Waals surface area (Å²) in [7, 11) is 0. The lowest BCUT2D eigenvalue weighted by atomic mass is 10.1. The van der Waals surface area contributed by atoms with Crippen molar-refractivity contribution in [2.45, 2.75) is 0 Å². The van der Waals surface area contributed by atoms with Gasteiger partial charge in [0.25, 0.3) is 5.91 Å². The molecule has 84 valence electrons. The van der Waals surface area contributed by atoms with Crippen LogP contribution in [-0.4, -0.2) is 29.9 Å². The van der Waals surface area contributed by atoms with Gasteiger partial charge in [-0.2, -0.15) is 11.8 Å². The van der Waals surface area contributed by atoms with Crippen molar-refractivity contribution in [2.24, 2.45) is 5.73 Å². The summed E-state index contributed by atoms with van der Waals surface area (Å²) in [6.07, 6.45) is 0. The molecule has 1 saturated heterocycles. The average molecular weight is 236 g/mol. The van der Waals surface area contributed by atoms with Gasteiger partial charge in [0.2, 0.25) is 5.91 Å². The Morgan fingerprint density at radius 2 is 2.12 bits per heavy atom. The van der Waals surface area contributed by atoms with Crippen molar-refractivity contribution in [3.63, 3.8) is 0 Å². The number of primary amides is 1. The second-order valence-electron chi connectivity index (χ2n) is 3.48. The van der Waals surface area contributed by atoms with Gasteiger partial charge in [0.05, 0.1) is 17.0 Å². The minimum atomic E-state index is -0.498. The summed E-state index contributed by atoms with van der Waals surface area (Å²) in [4.78, 5) is 24.6. The first-order valence-electron chi connectivity index (χ1n) is 4.97. The van der Waals surface area contributed by atoms with E-state index in [9.17, 15) is 9.59 Å². The lowest BCUT2D eigenvalue weighted by Gasteiger charge is -2.27. The maximum atomic E-state index is 11.7. The maximum Gasteiger partial charge on any atom is 0.250 e.